The molecule has 4 rings (SSSR count). The van der Waals surface area contributed by atoms with Crippen molar-refractivity contribution in [3.05, 3.63) is 64.1 Å². The van der Waals surface area contributed by atoms with Gasteiger partial charge in [-0.15, -0.1) is 11.3 Å². The molecule has 166 valence electrons. The predicted octanol–water partition coefficient (Wildman–Crippen LogP) is 4.89. The Labute approximate surface area is 198 Å². The van der Waals surface area contributed by atoms with Crippen molar-refractivity contribution >= 4 is 51.5 Å². The summed E-state index contributed by atoms with van der Waals surface area (Å²) >= 11 is 7.52. The number of hydrogen-bond donors (Lipinski definition) is 1. The summed E-state index contributed by atoms with van der Waals surface area (Å²) in [5.41, 5.74) is 2.17. The Morgan fingerprint density at radius 3 is 2.82 bits per heavy atom. The lowest BCUT2D eigenvalue weighted by Crippen LogP contribution is -2.30. The highest BCUT2D eigenvalue weighted by molar-refractivity contribution is 7.13. The number of aromatic nitrogens is 3. The number of carbonyl (C=O) groups excluding carboxylic acids is 2. The molecule has 8 nitrogen and oxygen atoms in total. The molecule has 1 unspecified atom stereocenters. The number of aryl methyl sites for hydroxylation is 1. The Hall–Kier alpha value is -3.74. The van der Waals surface area contributed by atoms with E-state index in [1.54, 1.807) is 23.0 Å². The lowest BCUT2D eigenvalue weighted by molar-refractivity contribution is -0.123. The molecule has 0 fully saturated rings. The van der Waals surface area contributed by atoms with Crippen LogP contribution >= 0.6 is 22.9 Å². The van der Waals surface area contributed by atoms with Crippen LogP contribution in [0.25, 0.3) is 21.6 Å². The Morgan fingerprint density at radius 1 is 1.33 bits per heavy atom. The number of anilines is 1. The van der Waals surface area contributed by atoms with E-state index in [1.165, 1.54) is 30.4 Å². The van der Waals surface area contributed by atoms with Gasteiger partial charge in [-0.1, -0.05) is 17.7 Å². The summed E-state index contributed by atoms with van der Waals surface area (Å²) in [7, 11) is 0. The smallest absolute Gasteiger partial charge is 0.339 e. The second kappa shape index (κ2) is 9.40. The van der Waals surface area contributed by atoms with Crippen LogP contribution in [0.15, 0.2) is 48.0 Å². The minimum absolute atomic E-state index is 0.216. The average molecular weight is 480 g/mol. The number of amides is 1. The molecule has 33 heavy (non-hydrogen) atoms. The molecule has 0 radical (unpaired) electrons. The first-order chi connectivity index (χ1) is 15.9. The van der Waals surface area contributed by atoms with Gasteiger partial charge in [-0.2, -0.15) is 10.4 Å². The minimum Gasteiger partial charge on any atom is -0.449 e. The Morgan fingerprint density at radius 2 is 2.15 bits per heavy atom. The van der Waals surface area contributed by atoms with Crippen LogP contribution in [0.1, 0.15) is 29.8 Å². The van der Waals surface area contributed by atoms with Crippen LogP contribution in [0.5, 0.6) is 0 Å². The second-order valence-electron chi connectivity index (χ2n) is 7.07. The zero-order valence-corrected chi connectivity index (χ0v) is 19.3. The number of esters is 1. The van der Waals surface area contributed by atoms with Crippen molar-refractivity contribution in [1.29, 1.82) is 5.26 Å². The molecule has 3 heterocycles. The number of hydrogen-bond acceptors (Lipinski definition) is 7. The fourth-order valence-corrected chi connectivity index (χ4v) is 4.11. The fraction of sp³-hybridized carbons (Fsp3) is 0.174. The fourth-order valence-electron chi connectivity index (χ4n) is 3.20. The molecule has 0 spiro atoms. The number of ether oxygens (including phenoxy) is 1. The van der Waals surface area contributed by atoms with Gasteiger partial charge in [0.2, 0.25) is 0 Å². The van der Waals surface area contributed by atoms with Gasteiger partial charge in [0.25, 0.3) is 5.91 Å². The summed E-state index contributed by atoms with van der Waals surface area (Å²) < 4.78 is 7.17. The first kappa shape index (κ1) is 22.5. The van der Waals surface area contributed by atoms with Crippen molar-refractivity contribution in [2.75, 3.05) is 5.32 Å². The molecule has 1 amide bonds. The van der Waals surface area contributed by atoms with E-state index in [2.05, 4.69) is 15.4 Å². The number of rotatable bonds is 6. The van der Waals surface area contributed by atoms with E-state index < -0.39 is 18.0 Å². The van der Waals surface area contributed by atoms with Crippen LogP contribution in [0, 0.1) is 11.3 Å². The Balaban J connectivity index is 1.58. The third-order valence-corrected chi connectivity index (χ3v) is 6.12. The molecular formula is C23H18ClN5O3S. The number of nitriles is 1. The van der Waals surface area contributed by atoms with E-state index in [1.807, 2.05) is 30.5 Å². The van der Waals surface area contributed by atoms with Crippen molar-refractivity contribution in [3.63, 3.8) is 0 Å². The van der Waals surface area contributed by atoms with Crippen LogP contribution in [-0.4, -0.2) is 32.7 Å². The first-order valence-electron chi connectivity index (χ1n) is 10.0. The first-order valence-corrected chi connectivity index (χ1v) is 11.3. The van der Waals surface area contributed by atoms with Crippen LogP contribution in [0.4, 0.5) is 5.69 Å². The molecule has 1 N–H and O–H groups in total. The zero-order chi connectivity index (χ0) is 23.5. The van der Waals surface area contributed by atoms with E-state index in [4.69, 9.17) is 21.6 Å². The quantitative estimate of drug-likeness (QED) is 0.394. The molecule has 0 aliphatic rings. The summed E-state index contributed by atoms with van der Waals surface area (Å²) in [6.07, 6.45) is 0.492. The average Bonchev–Trinajstić information content (AvgIpc) is 3.48. The van der Waals surface area contributed by atoms with E-state index in [9.17, 15) is 9.59 Å². The van der Waals surface area contributed by atoms with Crippen molar-refractivity contribution < 1.29 is 14.3 Å². The molecule has 0 saturated carbocycles. The molecular weight excluding hydrogens is 462 g/mol. The van der Waals surface area contributed by atoms with Gasteiger partial charge in [0.15, 0.2) is 11.8 Å². The summed E-state index contributed by atoms with van der Waals surface area (Å²) in [6.45, 7) is 4.00. The van der Waals surface area contributed by atoms with Crippen molar-refractivity contribution in [3.8, 4) is 16.6 Å². The van der Waals surface area contributed by atoms with Gasteiger partial charge in [-0.25, -0.2) is 14.5 Å². The molecule has 10 heteroatoms. The molecule has 1 atom stereocenters. The summed E-state index contributed by atoms with van der Waals surface area (Å²) in [4.78, 5) is 31.2. The summed E-state index contributed by atoms with van der Waals surface area (Å²) in [5, 5.41) is 18.6. The van der Waals surface area contributed by atoms with Gasteiger partial charge in [0, 0.05) is 12.2 Å². The lowest BCUT2D eigenvalue weighted by atomic mass is 10.1. The number of nitrogens with one attached hydrogen (secondary N) is 1. The number of carbonyl (C=O) groups is 2. The van der Waals surface area contributed by atoms with Crippen molar-refractivity contribution in [2.24, 2.45) is 0 Å². The van der Waals surface area contributed by atoms with Crippen molar-refractivity contribution in [1.82, 2.24) is 14.8 Å². The zero-order valence-electron chi connectivity index (χ0n) is 17.7. The molecule has 4 aromatic rings. The molecule has 0 aliphatic carbocycles. The standard InChI is InChI=1S/C23H18ClN5O3S/c1-3-29-21-17(12-26-29)16(10-19(28-21)20-5-4-8-33-20)23(31)32-13(2)22(30)27-15-7-6-14(11-25)18(24)9-15/h4-10,12-13H,3H2,1-2H3,(H,27,30). The highest BCUT2D eigenvalue weighted by Gasteiger charge is 2.23. The maximum atomic E-state index is 13.1. The third kappa shape index (κ3) is 4.58. The highest BCUT2D eigenvalue weighted by Crippen LogP contribution is 2.28. The Bertz CT molecular complexity index is 1390. The van der Waals surface area contributed by atoms with Gasteiger partial charge in [-0.05, 0) is 49.6 Å². The van der Waals surface area contributed by atoms with Gasteiger partial charge in [-0.3, -0.25) is 4.79 Å². The molecule has 0 bridgehead atoms. The number of benzene rings is 1. The SMILES string of the molecule is CCn1ncc2c(C(=O)OC(C)C(=O)Nc3ccc(C#N)c(Cl)c3)cc(-c3cccs3)nc21. The minimum atomic E-state index is -1.08. The molecule has 0 saturated heterocycles. The second-order valence-corrected chi connectivity index (χ2v) is 8.43. The predicted molar refractivity (Wildman–Crippen MR) is 126 cm³/mol. The topological polar surface area (TPSA) is 110 Å². The van der Waals surface area contributed by atoms with Gasteiger partial charge >= 0.3 is 5.97 Å². The maximum absolute atomic E-state index is 13.1. The monoisotopic (exact) mass is 479 g/mol. The highest BCUT2D eigenvalue weighted by atomic mass is 35.5. The van der Waals surface area contributed by atoms with Crippen LogP contribution < -0.4 is 5.32 Å². The third-order valence-electron chi connectivity index (χ3n) is 4.91. The number of fused-ring (bicyclic) bond motifs is 1. The number of thiophene rings is 1. The summed E-state index contributed by atoms with van der Waals surface area (Å²) in [5.74, 6) is -1.19. The van der Waals surface area contributed by atoms with Gasteiger partial charge < -0.3 is 10.1 Å². The lowest BCUT2D eigenvalue weighted by Gasteiger charge is -2.14. The maximum Gasteiger partial charge on any atom is 0.339 e. The van der Waals surface area contributed by atoms with E-state index in [0.29, 0.717) is 34.5 Å². The van der Waals surface area contributed by atoms with Crippen molar-refractivity contribution in [2.45, 2.75) is 26.5 Å². The Kier molecular flexibility index (Phi) is 6.40. The molecule has 3 aromatic heterocycles. The number of halogens is 1. The van der Waals surface area contributed by atoms with Crippen LogP contribution in [0.3, 0.4) is 0 Å². The number of pyridine rings is 1. The van der Waals surface area contributed by atoms with E-state index in [0.717, 1.165) is 4.88 Å². The summed E-state index contributed by atoms with van der Waals surface area (Å²) in [6, 6.07) is 11.9. The van der Waals surface area contributed by atoms with Gasteiger partial charge in [0.05, 0.1) is 38.3 Å². The van der Waals surface area contributed by atoms with E-state index in [-0.39, 0.29) is 10.6 Å². The van der Waals surface area contributed by atoms with Gasteiger partial charge in [0.1, 0.15) is 6.07 Å². The van der Waals surface area contributed by atoms with Crippen LogP contribution in [0.2, 0.25) is 5.02 Å². The number of nitrogens with zero attached hydrogens (tertiary/aromatic N) is 4. The molecule has 1 aromatic carbocycles. The van der Waals surface area contributed by atoms with E-state index >= 15 is 0 Å². The van der Waals surface area contributed by atoms with Crippen LogP contribution in [-0.2, 0) is 16.1 Å². The molecule has 0 aliphatic heterocycles. The largest absolute Gasteiger partial charge is 0.449 e. The normalized spacial score (nSPS) is 11.7.